The lowest BCUT2D eigenvalue weighted by Gasteiger charge is -2.33. The number of aliphatic hydroxyl groups is 1. The zero-order valence-corrected chi connectivity index (χ0v) is 20.4. The summed E-state index contributed by atoms with van der Waals surface area (Å²) >= 11 is 0. The Hall–Kier alpha value is -3.61. The number of hydrogen-bond donors (Lipinski definition) is 1. The summed E-state index contributed by atoms with van der Waals surface area (Å²) < 4.78 is 17.5. The quantitative estimate of drug-likeness (QED) is 0.299. The van der Waals surface area contributed by atoms with E-state index in [-0.39, 0.29) is 6.61 Å². The van der Waals surface area contributed by atoms with Gasteiger partial charge in [0.2, 0.25) is 0 Å². The average molecular weight is 483 g/mol. The van der Waals surface area contributed by atoms with Crippen LogP contribution in [-0.2, 0) is 0 Å². The van der Waals surface area contributed by atoms with Gasteiger partial charge in [0.05, 0.1) is 11.6 Å². The van der Waals surface area contributed by atoms with E-state index in [1.807, 2.05) is 31.2 Å². The molecular weight excluding hydrogens is 452 g/mol. The molecule has 5 aromatic rings. The molecular formula is C30H30N2O4. The molecule has 6 rings (SSSR count). The third-order valence-electron chi connectivity index (χ3n) is 7.09. The van der Waals surface area contributed by atoms with Crippen molar-refractivity contribution >= 4 is 21.7 Å². The predicted octanol–water partition coefficient (Wildman–Crippen LogP) is 6.17. The average Bonchev–Trinajstić information content (AvgIpc) is 3.54. The maximum Gasteiger partial charge on any atom is 0.263 e. The zero-order chi connectivity index (χ0) is 24.5. The molecule has 0 saturated carbocycles. The number of aliphatic hydroxyl groups excluding tert-OH is 1. The lowest BCUT2D eigenvalue weighted by Crippen LogP contribution is -2.40. The van der Waals surface area contributed by atoms with Gasteiger partial charge in [-0.25, -0.2) is 4.98 Å². The summed E-state index contributed by atoms with van der Waals surface area (Å²) in [6.45, 7) is 4.63. The van der Waals surface area contributed by atoms with E-state index in [1.165, 1.54) is 16.3 Å². The molecule has 0 radical (unpaired) electrons. The van der Waals surface area contributed by atoms with Gasteiger partial charge in [-0.3, -0.25) is 0 Å². The molecule has 2 aromatic heterocycles. The second kappa shape index (κ2) is 9.80. The molecule has 6 heteroatoms. The summed E-state index contributed by atoms with van der Waals surface area (Å²) in [5.74, 6) is 2.98. The van der Waals surface area contributed by atoms with E-state index in [4.69, 9.17) is 13.6 Å². The van der Waals surface area contributed by atoms with E-state index in [0.717, 1.165) is 37.1 Å². The van der Waals surface area contributed by atoms with Crippen LogP contribution in [0.4, 0.5) is 0 Å². The highest BCUT2D eigenvalue weighted by atomic mass is 16.5. The van der Waals surface area contributed by atoms with Crippen molar-refractivity contribution in [3.8, 4) is 17.4 Å². The molecule has 0 amide bonds. The summed E-state index contributed by atoms with van der Waals surface area (Å²) in [6, 6.07) is 22.9. The molecule has 0 spiro atoms. The van der Waals surface area contributed by atoms with Crippen LogP contribution in [-0.4, -0.2) is 47.3 Å². The summed E-state index contributed by atoms with van der Waals surface area (Å²) in [4.78, 5) is 6.58. The second-order valence-corrected chi connectivity index (χ2v) is 9.70. The van der Waals surface area contributed by atoms with Gasteiger partial charge in [0.1, 0.15) is 29.8 Å². The van der Waals surface area contributed by atoms with Crippen LogP contribution in [0.15, 0.2) is 81.8 Å². The van der Waals surface area contributed by atoms with Crippen LogP contribution < -0.4 is 4.74 Å². The van der Waals surface area contributed by atoms with Gasteiger partial charge >= 0.3 is 0 Å². The molecule has 1 unspecified atom stereocenters. The van der Waals surface area contributed by atoms with Crippen LogP contribution in [0.5, 0.6) is 5.75 Å². The SMILES string of the molecule is Cc1cnc(-c2cc3c(OCC(O)CN4CCC(c5ccc6ccccc6c5)CC4)cccc3o2)o1. The minimum Gasteiger partial charge on any atom is -0.490 e. The number of fused-ring (bicyclic) bond motifs is 2. The first kappa shape index (κ1) is 22.8. The van der Waals surface area contributed by atoms with Crippen molar-refractivity contribution in [2.45, 2.75) is 31.8 Å². The Kier molecular flexibility index (Phi) is 6.21. The molecule has 1 N–H and O–H groups in total. The largest absolute Gasteiger partial charge is 0.490 e. The van der Waals surface area contributed by atoms with E-state index in [9.17, 15) is 5.11 Å². The Labute approximate surface area is 210 Å². The van der Waals surface area contributed by atoms with E-state index in [0.29, 0.717) is 35.4 Å². The summed E-state index contributed by atoms with van der Waals surface area (Å²) in [5.41, 5.74) is 2.12. The Morgan fingerprint density at radius 3 is 2.64 bits per heavy atom. The number of oxazole rings is 1. The third kappa shape index (κ3) is 4.74. The molecule has 1 fully saturated rings. The molecule has 1 aliphatic rings. The lowest BCUT2D eigenvalue weighted by molar-refractivity contribution is 0.0599. The molecule has 6 nitrogen and oxygen atoms in total. The van der Waals surface area contributed by atoms with E-state index in [1.54, 1.807) is 6.20 Å². The minimum atomic E-state index is -0.571. The Morgan fingerprint density at radius 1 is 1.00 bits per heavy atom. The van der Waals surface area contributed by atoms with Crippen molar-refractivity contribution in [3.05, 3.63) is 84.3 Å². The maximum atomic E-state index is 10.7. The number of ether oxygens (including phenoxy) is 1. The summed E-state index contributed by atoms with van der Waals surface area (Å²) in [6.07, 6.45) is 3.30. The van der Waals surface area contributed by atoms with Gasteiger partial charge in [-0.2, -0.15) is 0 Å². The van der Waals surface area contributed by atoms with Gasteiger partial charge in [0.25, 0.3) is 5.89 Å². The summed E-state index contributed by atoms with van der Waals surface area (Å²) in [5, 5.41) is 14.1. The van der Waals surface area contributed by atoms with Crippen LogP contribution >= 0.6 is 0 Å². The first-order valence-corrected chi connectivity index (χ1v) is 12.6. The number of furan rings is 1. The lowest BCUT2D eigenvalue weighted by atomic mass is 9.88. The first-order valence-electron chi connectivity index (χ1n) is 12.6. The number of piperidine rings is 1. The fourth-order valence-electron chi connectivity index (χ4n) is 5.18. The van der Waals surface area contributed by atoms with Gasteiger partial charge in [-0.15, -0.1) is 0 Å². The number of nitrogens with zero attached hydrogens (tertiary/aromatic N) is 2. The summed E-state index contributed by atoms with van der Waals surface area (Å²) in [7, 11) is 0. The highest BCUT2D eigenvalue weighted by Crippen LogP contribution is 2.34. The minimum absolute atomic E-state index is 0.225. The molecule has 1 atom stereocenters. The van der Waals surface area contributed by atoms with E-state index in [2.05, 4.69) is 52.3 Å². The standard InChI is InChI=1S/C30H30N2O4/c1-20-17-31-30(35-20)29-16-26-27(7-4-8-28(26)36-29)34-19-25(33)18-32-13-11-22(12-14-32)24-10-9-21-5-2-3-6-23(21)15-24/h2-10,15-17,22,25,33H,11-14,18-19H2,1H3. The predicted molar refractivity (Wildman–Crippen MR) is 140 cm³/mol. The topological polar surface area (TPSA) is 71.9 Å². The van der Waals surface area contributed by atoms with Gasteiger partial charge in [0.15, 0.2) is 5.76 Å². The number of hydrogen-bond acceptors (Lipinski definition) is 6. The number of benzene rings is 3. The monoisotopic (exact) mass is 482 g/mol. The Morgan fingerprint density at radius 2 is 1.83 bits per heavy atom. The normalized spacial score (nSPS) is 16.1. The van der Waals surface area contributed by atoms with Crippen LogP contribution in [0.2, 0.25) is 0 Å². The molecule has 0 bridgehead atoms. The first-order chi connectivity index (χ1) is 17.6. The molecule has 0 aliphatic carbocycles. The maximum absolute atomic E-state index is 10.7. The second-order valence-electron chi connectivity index (χ2n) is 9.70. The molecule has 3 heterocycles. The number of likely N-dealkylation sites (tertiary alicyclic amines) is 1. The van der Waals surface area contributed by atoms with E-state index < -0.39 is 6.10 Å². The van der Waals surface area contributed by atoms with Crippen LogP contribution in [0.3, 0.4) is 0 Å². The third-order valence-corrected chi connectivity index (χ3v) is 7.09. The smallest absolute Gasteiger partial charge is 0.263 e. The van der Waals surface area contributed by atoms with Crippen molar-refractivity contribution in [3.63, 3.8) is 0 Å². The number of β-amino-alcohol motifs (C(OH)–C–C–N with tert-alkyl or cyclic N) is 1. The highest BCUT2D eigenvalue weighted by Gasteiger charge is 2.23. The molecule has 1 saturated heterocycles. The molecule has 184 valence electrons. The van der Waals surface area contributed by atoms with Crippen LogP contribution in [0, 0.1) is 6.92 Å². The van der Waals surface area contributed by atoms with Crippen molar-refractivity contribution in [2.24, 2.45) is 0 Å². The van der Waals surface area contributed by atoms with Crippen molar-refractivity contribution in [2.75, 3.05) is 26.2 Å². The zero-order valence-electron chi connectivity index (χ0n) is 20.4. The molecule has 36 heavy (non-hydrogen) atoms. The van der Waals surface area contributed by atoms with Gasteiger partial charge in [0, 0.05) is 12.6 Å². The van der Waals surface area contributed by atoms with Crippen molar-refractivity contribution in [1.82, 2.24) is 9.88 Å². The molecule has 1 aliphatic heterocycles. The highest BCUT2D eigenvalue weighted by molar-refractivity contribution is 5.87. The fraction of sp³-hybridized carbons (Fsp3) is 0.300. The Balaban J connectivity index is 1.04. The van der Waals surface area contributed by atoms with Crippen molar-refractivity contribution in [1.29, 1.82) is 0 Å². The van der Waals surface area contributed by atoms with Crippen LogP contribution in [0.1, 0.15) is 30.1 Å². The van der Waals surface area contributed by atoms with Crippen LogP contribution in [0.25, 0.3) is 33.4 Å². The fourth-order valence-corrected chi connectivity index (χ4v) is 5.18. The van der Waals surface area contributed by atoms with Gasteiger partial charge in [-0.05, 0) is 67.2 Å². The number of aromatic nitrogens is 1. The Bertz CT molecular complexity index is 1480. The number of aryl methyl sites for hydroxylation is 1. The van der Waals surface area contributed by atoms with Gasteiger partial charge < -0.3 is 23.6 Å². The van der Waals surface area contributed by atoms with Crippen molar-refractivity contribution < 1.29 is 18.7 Å². The number of rotatable bonds is 7. The molecule has 3 aromatic carbocycles. The van der Waals surface area contributed by atoms with Gasteiger partial charge in [-0.1, -0.05) is 48.5 Å². The van der Waals surface area contributed by atoms with E-state index >= 15 is 0 Å².